The lowest BCUT2D eigenvalue weighted by molar-refractivity contribution is 0.322. The Morgan fingerprint density at radius 1 is 1.40 bits per heavy atom. The molecule has 84 valence electrons. The molecule has 0 aliphatic carbocycles. The molecule has 1 rings (SSSR count). The van der Waals surface area contributed by atoms with Crippen LogP contribution in [0, 0.1) is 6.92 Å². The topological polar surface area (TPSA) is 26.0 Å². The first-order valence-electron chi connectivity index (χ1n) is 5.60. The van der Waals surface area contributed by atoms with E-state index in [-0.39, 0.29) is 6.54 Å². The fourth-order valence-corrected chi connectivity index (χ4v) is 1.93. The first-order chi connectivity index (χ1) is 7.19. The van der Waals surface area contributed by atoms with E-state index in [4.69, 9.17) is 5.73 Å². The van der Waals surface area contributed by atoms with Crippen LogP contribution in [0.15, 0.2) is 18.2 Å². The number of aryl methyl sites for hydroxylation is 2. The second-order valence-corrected chi connectivity index (χ2v) is 3.94. The molecule has 0 fully saturated rings. The molecule has 0 aromatic heterocycles. The Balaban J connectivity index is 2.72. The molecule has 1 aromatic rings. The van der Waals surface area contributed by atoms with Gasteiger partial charge in [0.15, 0.2) is 0 Å². The molecule has 1 nitrogen and oxygen atoms in total. The highest BCUT2D eigenvalue weighted by Gasteiger charge is 2.07. The Hall–Kier alpha value is -0.890. The largest absolute Gasteiger partial charge is 0.328 e. The lowest BCUT2D eigenvalue weighted by Crippen LogP contribution is -2.16. The van der Waals surface area contributed by atoms with Crippen molar-refractivity contribution in [3.63, 3.8) is 0 Å². The number of hydrogen-bond acceptors (Lipinski definition) is 1. The SMILES string of the molecule is CCc1c(C)cccc1CCC(F)CN. The Morgan fingerprint density at radius 2 is 2.13 bits per heavy atom. The Bertz CT molecular complexity index is 309. The fraction of sp³-hybridized carbons (Fsp3) is 0.538. The van der Waals surface area contributed by atoms with Crippen molar-refractivity contribution in [1.82, 2.24) is 0 Å². The third-order valence-corrected chi connectivity index (χ3v) is 2.84. The van der Waals surface area contributed by atoms with Crippen molar-refractivity contribution < 1.29 is 4.39 Å². The van der Waals surface area contributed by atoms with E-state index in [1.165, 1.54) is 16.7 Å². The fourth-order valence-electron chi connectivity index (χ4n) is 1.93. The molecule has 0 spiro atoms. The molecule has 1 unspecified atom stereocenters. The van der Waals surface area contributed by atoms with Crippen LogP contribution in [0.2, 0.25) is 0 Å². The van der Waals surface area contributed by atoms with Gasteiger partial charge in [-0.1, -0.05) is 25.1 Å². The van der Waals surface area contributed by atoms with Crippen molar-refractivity contribution >= 4 is 0 Å². The molecule has 0 saturated carbocycles. The van der Waals surface area contributed by atoms with Crippen LogP contribution in [-0.2, 0) is 12.8 Å². The van der Waals surface area contributed by atoms with Crippen LogP contribution in [0.4, 0.5) is 4.39 Å². The molecule has 15 heavy (non-hydrogen) atoms. The Kier molecular flexibility index (Phi) is 4.76. The summed E-state index contributed by atoms with van der Waals surface area (Å²) in [6, 6.07) is 6.24. The van der Waals surface area contributed by atoms with Crippen LogP contribution in [0.1, 0.15) is 30.0 Å². The first kappa shape index (κ1) is 12.2. The van der Waals surface area contributed by atoms with Crippen molar-refractivity contribution in [3.8, 4) is 0 Å². The average Bonchev–Trinajstić information content (AvgIpc) is 2.25. The number of alkyl halides is 1. The van der Waals surface area contributed by atoms with Gasteiger partial charge < -0.3 is 5.73 Å². The van der Waals surface area contributed by atoms with Gasteiger partial charge in [-0.2, -0.15) is 0 Å². The monoisotopic (exact) mass is 209 g/mol. The molecule has 1 atom stereocenters. The summed E-state index contributed by atoms with van der Waals surface area (Å²) in [5.74, 6) is 0. The van der Waals surface area contributed by atoms with Gasteiger partial charge in [0, 0.05) is 6.54 Å². The van der Waals surface area contributed by atoms with Gasteiger partial charge in [-0.05, 0) is 42.9 Å². The Labute approximate surface area is 91.5 Å². The Morgan fingerprint density at radius 3 is 2.73 bits per heavy atom. The minimum Gasteiger partial charge on any atom is -0.328 e. The second kappa shape index (κ2) is 5.86. The molecule has 0 amide bonds. The summed E-state index contributed by atoms with van der Waals surface area (Å²) in [6.07, 6.45) is 1.48. The van der Waals surface area contributed by atoms with E-state index in [1.807, 2.05) is 6.07 Å². The quantitative estimate of drug-likeness (QED) is 0.793. The summed E-state index contributed by atoms with van der Waals surface area (Å²) in [5.41, 5.74) is 9.20. The van der Waals surface area contributed by atoms with E-state index >= 15 is 0 Å². The third-order valence-electron chi connectivity index (χ3n) is 2.84. The van der Waals surface area contributed by atoms with Gasteiger partial charge in [0.05, 0.1) is 0 Å². The van der Waals surface area contributed by atoms with Crippen LogP contribution >= 0.6 is 0 Å². The van der Waals surface area contributed by atoms with Crippen LogP contribution in [0.3, 0.4) is 0 Å². The molecule has 0 aliphatic rings. The summed E-state index contributed by atoms with van der Waals surface area (Å²) in [7, 11) is 0. The normalized spacial score (nSPS) is 12.8. The molecule has 0 saturated heterocycles. The first-order valence-corrected chi connectivity index (χ1v) is 5.60. The standard InChI is InChI=1S/C13H20FN/c1-3-13-10(2)5-4-6-11(13)7-8-12(14)9-15/h4-6,12H,3,7-9,15H2,1-2H3. The van der Waals surface area contributed by atoms with Crippen LogP contribution < -0.4 is 5.73 Å². The molecular weight excluding hydrogens is 189 g/mol. The van der Waals surface area contributed by atoms with Gasteiger partial charge in [0.1, 0.15) is 6.17 Å². The van der Waals surface area contributed by atoms with Crippen LogP contribution in [-0.4, -0.2) is 12.7 Å². The number of rotatable bonds is 5. The number of halogens is 1. The van der Waals surface area contributed by atoms with Crippen LogP contribution in [0.25, 0.3) is 0 Å². The zero-order chi connectivity index (χ0) is 11.3. The maximum absolute atomic E-state index is 13.0. The van der Waals surface area contributed by atoms with Crippen molar-refractivity contribution in [2.45, 2.75) is 39.3 Å². The van der Waals surface area contributed by atoms with Gasteiger partial charge >= 0.3 is 0 Å². The highest BCUT2D eigenvalue weighted by atomic mass is 19.1. The van der Waals surface area contributed by atoms with Crippen molar-refractivity contribution in [2.75, 3.05) is 6.54 Å². The summed E-state index contributed by atoms with van der Waals surface area (Å²) >= 11 is 0. The summed E-state index contributed by atoms with van der Waals surface area (Å²) in [6.45, 7) is 4.38. The number of hydrogen-bond donors (Lipinski definition) is 1. The van der Waals surface area contributed by atoms with E-state index in [0.717, 1.165) is 12.8 Å². The second-order valence-electron chi connectivity index (χ2n) is 3.94. The highest BCUT2D eigenvalue weighted by molar-refractivity contribution is 5.34. The molecular formula is C13H20FN. The average molecular weight is 209 g/mol. The predicted molar refractivity (Wildman–Crippen MR) is 62.8 cm³/mol. The van der Waals surface area contributed by atoms with E-state index in [1.54, 1.807) is 0 Å². The van der Waals surface area contributed by atoms with Crippen molar-refractivity contribution in [1.29, 1.82) is 0 Å². The van der Waals surface area contributed by atoms with E-state index < -0.39 is 6.17 Å². The van der Waals surface area contributed by atoms with E-state index in [0.29, 0.717) is 6.42 Å². The molecule has 0 bridgehead atoms. The molecule has 2 N–H and O–H groups in total. The minimum absolute atomic E-state index is 0.132. The zero-order valence-electron chi connectivity index (χ0n) is 9.59. The lowest BCUT2D eigenvalue weighted by atomic mass is 9.96. The van der Waals surface area contributed by atoms with Crippen molar-refractivity contribution in [3.05, 3.63) is 34.9 Å². The predicted octanol–water partition coefficient (Wildman–Crippen LogP) is 2.79. The molecule has 0 aliphatic heterocycles. The highest BCUT2D eigenvalue weighted by Crippen LogP contribution is 2.17. The molecule has 0 radical (unpaired) electrons. The van der Waals surface area contributed by atoms with Gasteiger partial charge in [-0.15, -0.1) is 0 Å². The summed E-state index contributed by atoms with van der Waals surface area (Å²) in [5, 5.41) is 0. The maximum Gasteiger partial charge on any atom is 0.113 e. The lowest BCUT2D eigenvalue weighted by Gasteiger charge is -2.11. The van der Waals surface area contributed by atoms with Gasteiger partial charge in [0.25, 0.3) is 0 Å². The smallest absolute Gasteiger partial charge is 0.113 e. The van der Waals surface area contributed by atoms with Crippen molar-refractivity contribution in [2.24, 2.45) is 5.73 Å². The third kappa shape index (κ3) is 3.31. The van der Waals surface area contributed by atoms with E-state index in [9.17, 15) is 4.39 Å². The van der Waals surface area contributed by atoms with Gasteiger partial charge in [0.2, 0.25) is 0 Å². The van der Waals surface area contributed by atoms with Gasteiger partial charge in [-0.25, -0.2) is 4.39 Å². The summed E-state index contributed by atoms with van der Waals surface area (Å²) < 4.78 is 13.0. The van der Waals surface area contributed by atoms with Crippen LogP contribution in [0.5, 0.6) is 0 Å². The molecule has 0 heterocycles. The minimum atomic E-state index is -0.866. The summed E-state index contributed by atoms with van der Waals surface area (Å²) in [4.78, 5) is 0. The number of benzene rings is 1. The maximum atomic E-state index is 13.0. The molecule has 2 heteroatoms. The number of nitrogens with two attached hydrogens (primary N) is 1. The molecule has 1 aromatic carbocycles. The van der Waals surface area contributed by atoms with E-state index in [2.05, 4.69) is 26.0 Å². The van der Waals surface area contributed by atoms with Gasteiger partial charge in [-0.3, -0.25) is 0 Å². The zero-order valence-corrected chi connectivity index (χ0v) is 9.59.